The number of ether oxygens (including phenoxy) is 1. The third kappa shape index (κ3) is 3.55. The molecule has 0 spiro atoms. The monoisotopic (exact) mass is 349 g/mol. The number of benzene rings is 3. The van der Waals surface area contributed by atoms with Gasteiger partial charge in [0.25, 0.3) is 0 Å². The number of anilines is 1. The molecule has 3 aromatic rings. The number of aliphatic hydroxyl groups is 1. The maximum absolute atomic E-state index is 12.8. The first-order valence-electron chi connectivity index (χ1n) is 8.59. The Balaban J connectivity index is 1.81. The fourth-order valence-electron chi connectivity index (χ4n) is 3.07. The van der Waals surface area contributed by atoms with Crippen molar-refractivity contribution in [3.05, 3.63) is 72.3 Å². The number of amides is 1. The minimum absolute atomic E-state index is 0.154. The Bertz CT molecular complexity index is 922. The lowest BCUT2D eigenvalue weighted by atomic mass is 9.94. The number of carbonyl (C=O) groups is 1. The van der Waals surface area contributed by atoms with Crippen molar-refractivity contribution in [3.8, 4) is 5.75 Å². The van der Waals surface area contributed by atoms with E-state index in [0.717, 1.165) is 22.0 Å². The standard InChI is InChI=1S/C22H23NO3/c1-15(22(25)23(2)19-9-6-10-20(14-19)26-3)21(24)18-12-11-16-7-4-5-8-17(16)13-18/h4-15,21,24H,1-3H3/t15-,21+/m0/s1. The van der Waals surface area contributed by atoms with Crippen molar-refractivity contribution in [3.63, 3.8) is 0 Å². The van der Waals surface area contributed by atoms with Crippen molar-refractivity contribution >= 4 is 22.4 Å². The van der Waals surface area contributed by atoms with Crippen LogP contribution < -0.4 is 9.64 Å². The second kappa shape index (κ2) is 7.58. The molecule has 0 saturated carbocycles. The molecule has 0 bridgehead atoms. The van der Waals surface area contributed by atoms with Crippen LogP contribution in [0.2, 0.25) is 0 Å². The Morgan fingerprint density at radius 1 is 1.00 bits per heavy atom. The summed E-state index contributed by atoms with van der Waals surface area (Å²) in [6.07, 6.45) is -0.875. The van der Waals surface area contributed by atoms with Crippen LogP contribution in [0.1, 0.15) is 18.6 Å². The van der Waals surface area contributed by atoms with E-state index in [1.54, 1.807) is 32.0 Å². The molecule has 0 radical (unpaired) electrons. The van der Waals surface area contributed by atoms with Crippen molar-refractivity contribution < 1.29 is 14.6 Å². The molecule has 0 fully saturated rings. The molecular formula is C22H23NO3. The summed E-state index contributed by atoms with van der Waals surface area (Å²) in [7, 11) is 3.30. The Morgan fingerprint density at radius 2 is 1.73 bits per heavy atom. The van der Waals surface area contributed by atoms with E-state index in [0.29, 0.717) is 5.75 Å². The highest BCUT2D eigenvalue weighted by Crippen LogP contribution is 2.28. The highest BCUT2D eigenvalue weighted by Gasteiger charge is 2.27. The predicted octanol–water partition coefficient (Wildman–Crippen LogP) is 4.18. The number of fused-ring (bicyclic) bond motifs is 1. The summed E-state index contributed by atoms with van der Waals surface area (Å²) in [5.74, 6) is -0.0452. The Kier molecular flexibility index (Phi) is 5.24. The predicted molar refractivity (Wildman–Crippen MR) is 104 cm³/mol. The highest BCUT2D eigenvalue weighted by molar-refractivity contribution is 5.95. The van der Waals surface area contributed by atoms with Crippen LogP contribution >= 0.6 is 0 Å². The largest absolute Gasteiger partial charge is 0.497 e. The maximum atomic E-state index is 12.8. The molecule has 4 heteroatoms. The van der Waals surface area contributed by atoms with Gasteiger partial charge in [0.05, 0.1) is 19.1 Å². The van der Waals surface area contributed by atoms with E-state index in [1.807, 2.05) is 60.7 Å². The molecule has 0 aliphatic carbocycles. The molecule has 4 nitrogen and oxygen atoms in total. The second-order valence-electron chi connectivity index (χ2n) is 6.44. The van der Waals surface area contributed by atoms with E-state index >= 15 is 0 Å². The number of carbonyl (C=O) groups excluding carboxylic acids is 1. The normalized spacial score (nSPS) is 13.2. The number of aliphatic hydroxyl groups excluding tert-OH is 1. The van der Waals surface area contributed by atoms with E-state index in [9.17, 15) is 9.90 Å². The van der Waals surface area contributed by atoms with Gasteiger partial charge in [-0.1, -0.05) is 49.4 Å². The molecule has 2 atom stereocenters. The summed E-state index contributed by atoms with van der Waals surface area (Å²) in [5.41, 5.74) is 1.47. The molecule has 0 heterocycles. The maximum Gasteiger partial charge on any atom is 0.232 e. The third-order valence-corrected chi connectivity index (χ3v) is 4.75. The van der Waals surface area contributed by atoms with Crippen LogP contribution in [0.5, 0.6) is 5.75 Å². The van der Waals surface area contributed by atoms with Gasteiger partial charge < -0.3 is 14.7 Å². The van der Waals surface area contributed by atoms with Crippen LogP contribution in [0.25, 0.3) is 10.8 Å². The van der Waals surface area contributed by atoms with E-state index in [-0.39, 0.29) is 5.91 Å². The first kappa shape index (κ1) is 18.0. The van der Waals surface area contributed by atoms with Gasteiger partial charge in [0.2, 0.25) is 5.91 Å². The lowest BCUT2D eigenvalue weighted by molar-refractivity contribution is -0.125. The van der Waals surface area contributed by atoms with Gasteiger partial charge in [0.15, 0.2) is 0 Å². The third-order valence-electron chi connectivity index (χ3n) is 4.75. The molecule has 0 aliphatic heterocycles. The fourth-order valence-corrected chi connectivity index (χ4v) is 3.07. The molecule has 3 aromatic carbocycles. The van der Waals surface area contributed by atoms with Crippen LogP contribution in [-0.4, -0.2) is 25.2 Å². The Morgan fingerprint density at radius 3 is 2.46 bits per heavy atom. The van der Waals surface area contributed by atoms with E-state index < -0.39 is 12.0 Å². The quantitative estimate of drug-likeness (QED) is 0.752. The summed E-state index contributed by atoms with van der Waals surface area (Å²) in [4.78, 5) is 14.4. The topological polar surface area (TPSA) is 49.8 Å². The number of hydrogen-bond acceptors (Lipinski definition) is 3. The number of nitrogens with zero attached hydrogens (tertiary/aromatic N) is 1. The lowest BCUT2D eigenvalue weighted by Crippen LogP contribution is -2.34. The van der Waals surface area contributed by atoms with Gasteiger partial charge >= 0.3 is 0 Å². The average Bonchev–Trinajstić information content (AvgIpc) is 2.71. The van der Waals surface area contributed by atoms with Crippen LogP contribution in [-0.2, 0) is 4.79 Å². The molecule has 0 unspecified atom stereocenters. The number of hydrogen-bond donors (Lipinski definition) is 1. The molecule has 134 valence electrons. The van der Waals surface area contributed by atoms with Crippen LogP contribution in [0.15, 0.2) is 66.7 Å². The number of rotatable bonds is 5. The van der Waals surface area contributed by atoms with Gasteiger partial charge in [-0.2, -0.15) is 0 Å². The van der Waals surface area contributed by atoms with Crippen molar-refractivity contribution in [2.75, 3.05) is 19.1 Å². The first-order valence-corrected chi connectivity index (χ1v) is 8.59. The number of methoxy groups -OCH3 is 1. The lowest BCUT2D eigenvalue weighted by Gasteiger charge is -2.25. The summed E-state index contributed by atoms with van der Waals surface area (Å²) in [6, 6.07) is 21.1. The average molecular weight is 349 g/mol. The fraction of sp³-hybridized carbons (Fsp3) is 0.227. The molecule has 1 amide bonds. The van der Waals surface area contributed by atoms with Gasteiger partial charge in [0.1, 0.15) is 5.75 Å². The van der Waals surface area contributed by atoms with E-state index in [1.165, 1.54) is 0 Å². The molecule has 3 rings (SSSR count). The van der Waals surface area contributed by atoms with Gasteiger partial charge in [0, 0.05) is 18.8 Å². The zero-order valence-corrected chi connectivity index (χ0v) is 15.2. The second-order valence-corrected chi connectivity index (χ2v) is 6.44. The highest BCUT2D eigenvalue weighted by atomic mass is 16.5. The van der Waals surface area contributed by atoms with Crippen LogP contribution in [0.3, 0.4) is 0 Å². The zero-order valence-electron chi connectivity index (χ0n) is 15.2. The van der Waals surface area contributed by atoms with Crippen molar-refractivity contribution in [2.45, 2.75) is 13.0 Å². The summed E-state index contributed by atoms with van der Waals surface area (Å²) in [5, 5.41) is 12.9. The van der Waals surface area contributed by atoms with Crippen LogP contribution in [0.4, 0.5) is 5.69 Å². The first-order chi connectivity index (χ1) is 12.5. The SMILES string of the molecule is COc1cccc(N(C)C(=O)[C@@H](C)[C@@H](O)c2ccc3ccccc3c2)c1. The zero-order chi connectivity index (χ0) is 18.7. The smallest absolute Gasteiger partial charge is 0.232 e. The van der Waals surface area contributed by atoms with Gasteiger partial charge in [-0.15, -0.1) is 0 Å². The molecule has 0 aromatic heterocycles. The van der Waals surface area contributed by atoms with Crippen molar-refractivity contribution in [1.29, 1.82) is 0 Å². The molecule has 0 saturated heterocycles. The van der Waals surface area contributed by atoms with Gasteiger partial charge in [-0.05, 0) is 34.5 Å². The van der Waals surface area contributed by atoms with Crippen molar-refractivity contribution in [2.24, 2.45) is 5.92 Å². The summed E-state index contributed by atoms with van der Waals surface area (Å²) >= 11 is 0. The van der Waals surface area contributed by atoms with Crippen LogP contribution in [0, 0.1) is 5.92 Å². The minimum atomic E-state index is -0.875. The Hall–Kier alpha value is -2.85. The minimum Gasteiger partial charge on any atom is -0.497 e. The molecule has 26 heavy (non-hydrogen) atoms. The van der Waals surface area contributed by atoms with E-state index in [4.69, 9.17) is 4.74 Å². The molecular weight excluding hydrogens is 326 g/mol. The van der Waals surface area contributed by atoms with Gasteiger partial charge in [-0.25, -0.2) is 0 Å². The Labute approximate surface area is 153 Å². The van der Waals surface area contributed by atoms with Crippen molar-refractivity contribution in [1.82, 2.24) is 0 Å². The van der Waals surface area contributed by atoms with Gasteiger partial charge in [-0.3, -0.25) is 4.79 Å². The summed E-state index contributed by atoms with van der Waals surface area (Å²) < 4.78 is 5.22. The molecule has 0 aliphatic rings. The summed E-state index contributed by atoms with van der Waals surface area (Å²) in [6.45, 7) is 1.75. The molecule has 1 N–H and O–H groups in total. The van der Waals surface area contributed by atoms with E-state index in [2.05, 4.69) is 0 Å².